The lowest BCUT2D eigenvalue weighted by Crippen LogP contribution is -2.33. The molecule has 1 saturated carbocycles. The number of carbonyl (C=O) groups is 1. The fourth-order valence-corrected chi connectivity index (χ4v) is 3.66. The topological polar surface area (TPSA) is 101 Å². The second-order valence-electron chi connectivity index (χ2n) is 7.10. The van der Waals surface area contributed by atoms with Crippen LogP contribution in [0.5, 0.6) is 0 Å². The molecule has 1 saturated heterocycles. The number of hydrogen-bond donors (Lipinski definition) is 2. The van der Waals surface area contributed by atoms with Gasteiger partial charge in [0.05, 0.1) is 5.39 Å². The van der Waals surface area contributed by atoms with Crippen molar-refractivity contribution in [2.45, 2.75) is 31.7 Å². The average molecular weight is 372 g/mol. The Bertz CT molecular complexity index is 1010. The van der Waals surface area contributed by atoms with E-state index in [4.69, 9.17) is 5.73 Å². The van der Waals surface area contributed by atoms with Crippen molar-refractivity contribution in [1.29, 1.82) is 0 Å². The van der Waals surface area contributed by atoms with Crippen LogP contribution in [0.15, 0.2) is 28.7 Å². The highest BCUT2D eigenvalue weighted by Crippen LogP contribution is 2.37. The molecule has 2 aromatic rings. The third-order valence-corrected chi connectivity index (χ3v) is 5.14. The first-order valence-electron chi connectivity index (χ1n) is 9.11. The Hall–Kier alpha value is -2.74. The molecule has 2 fully saturated rings. The number of aromatic carboxylic acids is 1. The number of halogens is 1. The van der Waals surface area contributed by atoms with Crippen molar-refractivity contribution in [2.75, 3.05) is 24.5 Å². The van der Waals surface area contributed by atoms with Crippen molar-refractivity contribution < 1.29 is 14.3 Å². The molecule has 3 heterocycles. The zero-order chi connectivity index (χ0) is 19.1. The summed E-state index contributed by atoms with van der Waals surface area (Å²) in [5.41, 5.74) is 6.03. The van der Waals surface area contributed by atoms with E-state index in [1.807, 2.05) is 11.0 Å². The molecule has 0 unspecified atom stereocenters. The summed E-state index contributed by atoms with van der Waals surface area (Å²) in [7, 11) is 0. The van der Waals surface area contributed by atoms with Gasteiger partial charge in [0, 0.05) is 31.9 Å². The maximum Gasteiger partial charge on any atom is 0.341 e. The maximum absolute atomic E-state index is 14.8. The first-order chi connectivity index (χ1) is 13.0. The Morgan fingerprint density at radius 2 is 2.22 bits per heavy atom. The van der Waals surface area contributed by atoms with Gasteiger partial charge in [-0.2, -0.15) is 0 Å². The summed E-state index contributed by atoms with van der Waals surface area (Å²) in [5.74, 6) is -1.73. The molecule has 4 rings (SSSR count). The van der Waals surface area contributed by atoms with Crippen molar-refractivity contribution in [3.05, 3.63) is 45.5 Å². The van der Waals surface area contributed by atoms with Crippen molar-refractivity contribution in [1.82, 2.24) is 9.55 Å². The number of anilines is 1. The van der Waals surface area contributed by atoms with Crippen LogP contribution in [0.25, 0.3) is 11.0 Å². The maximum atomic E-state index is 14.8. The second kappa shape index (κ2) is 6.77. The molecule has 3 N–H and O–H groups in total. The third kappa shape index (κ3) is 3.21. The average Bonchev–Trinajstić information content (AvgIpc) is 3.47. The smallest absolute Gasteiger partial charge is 0.341 e. The number of aromatic nitrogens is 2. The highest BCUT2D eigenvalue weighted by atomic mass is 19.1. The molecule has 1 aliphatic heterocycles. The lowest BCUT2D eigenvalue weighted by molar-refractivity contribution is 0.0695. The van der Waals surface area contributed by atoms with Gasteiger partial charge in [-0.25, -0.2) is 14.2 Å². The number of fused-ring (bicyclic) bond motifs is 1. The molecule has 0 spiro atoms. The molecule has 0 bridgehead atoms. The van der Waals surface area contributed by atoms with E-state index in [0.29, 0.717) is 25.3 Å². The molecular weight excluding hydrogens is 351 g/mol. The fourth-order valence-electron chi connectivity index (χ4n) is 3.66. The van der Waals surface area contributed by atoms with E-state index < -0.39 is 17.2 Å². The number of pyridine rings is 2. The molecule has 8 heteroatoms. The van der Waals surface area contributed by atoms with Gasteiger partial charge in [0.2, 0.25) is 5.43 Å². The Morgan fingerprint density at radius 3 is 2.89 bits per heavy atom. The van der Waals surface area contributed by atoms with E-state index in [-0.39, 0.29) is 22.8 Å². The Morgan fingerprint density at radius 1 is 1.44 bits per heavy atom. The quantitative estimate of drug-likeness (QED) is 0.797. The van der Waals surface area contributed by atoms with Crippen LogP contribution in [0.3, 0.4) is 0 Å². The first kappa shape index (κ1) is 17.7. The molecule has 2 aromatic heterocycles. The summed E-state index contributed by atoms with van der Waals surface area (Å²) in [6.45, 7) is 1.65. The Kier molecular flexibility index (Phi) is 4.43. The van der Waals surface area contributed by atoms with Gasteiger partial charge in [0.1, 0.15) is 11.2 Å². The molecule has 7 nitrogen and oxygen atoms in total. The zero-order valence-corrected chi connectivity index (χ0v) is 14.8. The van der Waals surface area contributed by atoms with E-state index in [9.17, 15) is 19.1 Å². The van der Waals surface area contributed by atoms with Crippen LogP contribution in [0.2, 0.25) is 0 Å². The standard InChI is InChI=1S/C19H21FN4O3/c20-15-8-13-16(25)14(19(26)27)10-24(12-3-4-12)17(13)22-18(15)23-7-1-2-11(9-23)5-6-21/h5,8,10,12H,1-4,6-7,9,21H2,(H,26,27). The lowest BCUT2D eigenvalue weighted by Gasteiger charge is -2.30. The normalized spacial score (nSPS) is 19.0. The molecule has 27 heavy (non-hydrogen) atoms. The van der Waals surface area contributed by atoms with E-state index in [0.717, 1.165) is 37.3 Å². The van der Waals surface area contributed by atoms with Crippen molar-refractivity contribution in [3.63, 3.8) is 0 Å². The van der Waals surface area contributed by atoms with Gasteiger partial charge in [-0.15, -0.1) is 0 Å². The first-order valence-corrected chi connectivity index (χ1v) is 9.11. The van der Waals surface area contributed by atoms with Crippen molar-refractivity contribution in [2.24, 2.45) is 5.73 Å². The minimum Gasteiger partial charge on any atom is -0.477 e. The summed E-state index contributed by atoms with van der Waals surface area (Å²) < 4.78 is 16.5. The van der Waals surface area contributed by atoms with Crippen LogP contribution in [0.4, 0.5) is 10.2 Å². The van der Waals surface area contributed by atoms with Crippen LogP contribution in [-0.2, 0) is 0 Å². The number of piperidine rings is 1. The predicted molar refractivity (Wildman–Crippen MR) is 99.8 cm³/mol. The van der Waals surface area contributed by atoms with Crippen LogP contribution in [-0.4, -0.2) is 40.3 Å². The Labute approximate surface area is 154 Å². The summed E-state index contributed by atoms with van der Waals surface area (Å²) >= 11 is 0. The number of nitrogens with two attached hydrogens (primary N) is 1. The number of carboxylic acids is 1. The molecule has 0 aromatic carbocycles. The van der Waals surface area contributed by atoms with Crippen molar-refractivity contribution in [3.8, 4) is 0 Å². The summed E-state index contributed by atoms with van der Waals surface area (Å²) in [5, 5.41) is 9.32. The third-order valence-electron chi connectivity index (χ3n) is 5.14. The monoisotopic (exact) mass is 372 g/mol. The van der Waals surface area contributed by atoms with Gasteiger partial charge in [-0.1, -0.05) is 11.6 Å². The molecule has 0 atom stereocenters. The zero-order valence-electron chi connectivity index (χ0n) is 14.8. The molecule has 1 aliphatic carbocycles. The number of rotatable bonds is 4. The largest absolute Gasteiger partial charge is 0.477 e. The Balaban J connectivity index is 1.87. The lowest BCUT2D eigenvalue weighted by atomic mass is 10.0. The number of nitrogens with zero attached hydrogens (tertiary/aromatic N) is 3. The van der Waals surface area contributed by atoms with Gasteiger partial charge >= 0.3 is 5.97 Å². The van der Waals surface area contributed by atoms with Crippen LogP contribution < -0.4 is 16.1 Å². The minimum absolute atomic E-state index is 0.0118. The van der Waals surface area contributed by atoms with Gasteiger partial charge in [-0.3, -0.25) is 4.79 Å². The molecule has 0 radical (unpaired) electrons. The summed E-state index contributed by atoms with van der Waals surface area (Å²) in [4.78, 5) is 30.2. The van der Waals surface area contributed by atoms with E-state index in [2.05, 4.69) is 4.98 Å². The number of hydrogen-bond acceptors (Lipinski definition) is 5. The van der Waals surface area contributed by atoms with Gasteiger partial charge in [-0.05, 0) is 31.7 Å². The van der Waals surface area contributed by atoms with E-state index >= 15 is 0 Å². The SMILES string of the molecule is NCC=C1CCCN(c2nc3c(cc2F)c(=O)c(C(=O)O)cn3C2CC2)C1. The van der Waals surface area contributed by atoms with Gasteiger partial charge in [0.25, 0.3) is 0 Å². The molecule has 142 valence electrons. The molecular formula is C19H21FN4O3. The fraction of sp³-hybridized carbons (Fsp3) is 0.421. The second-order valence-corrected chi connectivity index (χ2v) is 7.10. The summed E-state index contributed by atoms with van der Waals surface area (Å²) in [6, 6.07) is 1.23. The van der Waals surface area contributed by atoms with Crippen LogP contribution >= 0.6 is 0 Å². The minimum atomic E-state index is -1.31. The summed E-state index contributed by atoms with van der Waals surface area (Å²) in [6.07, 6.45) is 6.87. The molecule has 0 amide bonds. The predicted octanol–water partition coefficient (Wildman–Crippen LogP) is 2.05. The van der Waals surface area contributed by atoms with Crippen molar-refractivity contribution >= 4 is 22.8 Å². The number of carboxylic acid groups (broad SMARTS) is 1. The van der Waals surface area contributed by atoms with Crippen LogP contribution in [0.1, 0.15) is 42.1 Å². The van der Waals surface area contributed by atoms with Gasteiger partial charge in [0.15, 0.2) is 11.6 Å². The highest BCUT2D eigenvalue weighted by molar-refractivity contribution is 5.92. The van der Waals surface area contributed by atoms with E-state index in [1.54, 1.807) is 4.57 Å². The van der Waals surface area contributed by atoms with E-state index in [1.165, 1.54) is 6.20 Å². The highest BCUT2D eigenvalue weighted by Gasteiger charge is 2.29. The molecule has 2 aliphatic rings. The van der Waals surface area contributed by atoms with Gasteiger partial charge < -0.3 is 20.3 Å². The van der Waals surface area contributed by atoms with Crippen LogP contribution in [0, 0.1) is 5.82 Å².